The molecule has 0 saturated carbocycles. The lowest BCUT2D eigenvalue weighted by molar-refractivity contribution is 0.272. The van der Waals surface area contributed by atoms with Crippen LogP contribution in [0.4, 0.5) is 5.82 Å². The van der Waals surface area contributed by atoms with Gasteiger partial charge in [-0.25, -0.2) is 9.97 Å². The van der Waals surface area contributed by atoms with Crippen LogP contribution in [0.25, 0.3) is 10.2 Å². The van der Waals surface area contributed by atoms with E-state index in [9.17, 15) is 0 Å². The van der Waals surface area contributed by atoms with Crippen LogP contribution in [-0.2, 0) is 6.61 Å². The molecule has 2 aromatic rings. The minimum atomic E-state index is -0.124. The van der Waals surface area contributed by atoms with E-state index in [1.54, 1.807) is 11.3 Å². The number of nitrogens with one attached hydrogen (secondary N) is 1. The lowest BCUT2D eigenvalue weighted by Crippen LogP contribution is -2.00. The van der Waals surface area contributed by atoms with Crippen molar-refractivity contribution in [2.45, 2.75) is 20.5 Å². The molecule has 0 saturated heterocycles. The number of nitrogens with zero attached hydrogens (tertiary/aromatic N) is 2. The predicted molar refractivity (Wildman–Crippen MR) is 62.4 cm³/mol. The van der Waals surface area contributed by atoms with Crippen molar-refractivity contribution in [3.63, 3.8) is 0 Å². The molecule has 5 heteroatoms. The van der Waals surface area contributed by atoms with E-state index in [0.29, 0.717) is 5.82 Å². The van der Waals surface area contributed by atoms with Gasteiger partial charge in [0, 0.05) is 11.9 Å². The van der Waals surface area contributed by atoms with E-state index in [-0.39, 0.29) is 6.61 Å². The molecule has 4 nitrogen and oxygen atoms in total. The summed E-state index contributed by atoms with van der Waals surface area (Å²) in [5.74, 6) is 1.26. The maximum Gasteiger partial charge on any atom is 0.157 e. The first-order valence-electron chi connectivity index (χ1n) is 4.72. The Hall–Kier alpha value is -1.20. The molecule has 80 valence electrons. The number of aliphatic hydroxyl groups is 1. The lowest BCUT2D eigenvalue weighted by Gasteiger charge is -2.04. The number of thiophene rings is 1. The zero-order chi connectivity index (χ0) is 11.0. The number of hydrogen-bond donors (Lipinski definition) is 2. The fourth-order valence-electron chi connectivity index (χ4n) is 1.55. The fraction of sp³-hybridized carbons (Fsp3) is 0.400. The second-order valence-electron chi connectivity index (χ2n) is 3.36. The standard InChI is InChI=1S/C10H13N3OS/c1-5-6(2)15-10-8(5)9(11-3)12-7(4-14)13-10/h14H,4H2,1-3H3,(H,11,12,13). The zero-order valence-electron chi connectivity index (χ0n) is 8.96. The Labute approximate surface area is 92.0 Å². The molecule has 0 amide bonds. The molecular formula is C10H13N3OS. The van der Waals surface area contributed by atoms with Gasteiger partial charge in [-0.3, -0.25) is 0 Å². The first kappa shape index (κ1) is 10.3. The third kappa shape index (κ3) is 1.57. The van der Waals surface area contributed by atoms with E-state index >= 15 is 0 Å². The third-order valence-electron chi connectivity index (χ3n) is 2.45. The number of aliphatic hydroxyl groups excluding tert-OH is 1. The van der Waals surface area contributed by atoms with Crippen LogP contribution >= 0.6 is 11.3 Å². The van der Waals surface area contributed by atoms with Crippen LogP contribution in [0.5, 0.6) is 0 Å². The first-order valence-corrected chi connectivity index (χ1v) is 5.54. The summed E-state index contributed by atoms with van der Waals surface area (Å²) in [6, 6.07) is 0. The van der Waals surface area contributed by atoms with Crippen molar-refractivity contribution in [3.8, 4) is 0 Å². The van der Waals surface area contributed by atoms with Gasteiger partial charge in [0.2, 0.25) is 0 Å². The third-order valence-corrected chi connectivity index (χ3v) is 3.55. The molecule has 2 heterocycles. The molecule has 0 bridgehead atoms. The smallest absolute Gasteiger partial charge is 0.157 e. The maximum atomic E-state index is 9.04. The summed E-state index contributed by atoms with van der Waals surface area (Å²) in [6.07, 6.45) is 0. The van der Waals surface area contributed by atoms with Crippen LogP contribution in [0.3, 0.4) is 0 Å². The van der Waals surface area contributed by atoms with Gasteiger partial charge in [0.25, 0.3) is 0 Å². The SMILES string of the molecule is CNc1nc(CO)nc2sc(C)c(C)c12. The van der Waals surface area contributed by atoms with Gasteiger partial charge < -0.3 is 10.4 Å². The minimum Gasteiger partial charge on any atom is -0.388 e. The van der Waals surface area contributed by atoms with E-state index in [1.807, 2.05) is 7.05 Å². The van der Waals surface area contributed by atoms with E-state index in [2.05, 4.69) is 29.1 Å². The summed E-state index contributed by atoms with van der Waals surface area (Å²) < 4.78 is 0. The first-order chi connectivity index (χ1) is 7.17. The van der Waals surface area contributed by atoms with Crippen molar-refractivity contribution in [2.75, 3.05) is 12.4 Å². The van der Waals surface area contributed by atoms with Crippen molar-refractivity contribution in [1.82, 2.24) is 9.97 Å². The maximum absolute atomic E-state index is 9.04. The molecule has 0 spiro atoms. The molecule has 0 unspecified atom stereocenters. The number of fused-ring (bicyclic) bond motifs is 1. The van der Waals surface area contributed by atoms with Crippen LogP contribution in [0, 0.1) is 13.8 Å². The highest BCUT2D eigenvalue weighted by molar-refractivity contribution is 7.18. The lowest BCUT2D eigenvalue weighted by atomic mass is 10.2. The van der Waals surface area contributed by atoms with Gasteiger partial charge in [0.15, 0.2) is 5.82 Å². The Morgan fingerprint density at radius 1 is 1.33 bits per heavy atom. The second-order valence-corrected chi connectivity index (χ2v) is 4.56. The molecule has 0 aromatic carbocycles. The van der Waals surface area contributed by atoms with E-state index in [0.717, 1.165) is 16.0 Å². The predicted octanol–water partition coefficient (Wildman–Crippen LogP) is 1.84. The number of anilines is 1. The van der Waals surface area contributed by atoms with Crippen LogP contribution in [0.15, 0.2) is 0 Å². The van der Waals surface area contributed by atoms with Gasteiger partial charge in [-0.15, -0.1) is 11.3 Å². The summed E-state index contributed by atoms with van der Waals surface area (Å²) in [7, 11) is 1.83. The molecule has 0 radical (unpaired) electrons. The van der Waals surface area contributed by atoms with E-state index in [4.69, 9.17) is 5.11 Å². The molecule has 0 aliphatic rings. The molecule has 0 aliphatic carbocycles. The molecule has 0 fully saturated rings. The Morgan fingerprint density at radius 2 is 2.07 bits per heavy atom. The summed E-state index contributed by atoms with van der Waals surface area (Å²) >= 11 is 1.64. The number of rotatable bonds is 2. The summed E-state index contributed by atoms with van der Waals surface area (Å²) in [4.78, 5) is 10.7. The van der Waals surface area contributed by atoms with Gasteiger partial charge in [-0.2, -0.15) is 0 Å². The van der Waals surface area contributed by atoms with Gasteiger partial charge in [0.05, 0.1) is 5.39 Å². The Morgan fingerprint density at radius 3 is 2.67 bits per heavy atom. The van der Waals surface area contributed by atoms with Crippen LogP contribution in [0.2, 0.25) is 0 Å². The van der Waals surface area contributed by atoms with Crippen LogP contribution in [-0.4, -0.2) is 22.1 Å². The average molecular weight is 223 g/mol. The summed E-state index contributed by atoms with van der Waals surface area (Å²) in [6.45, 7) is 4.01. The Kier molecular flexibility index (Phi) is 2.58. The van der Waals surface area contributed by atoms with Gasteiger partial charge in [0.1, 0.15) is 17.3 Å². The highest BCUT2D eigenvalue weighted by atomic mass is 32.1. The average Bonchev–Trinajstić information content (AvgIpc) is 2.53. The highest BCUT2D eigenvalue weighted by Gasteiger charge is 2.12. The molecule has 0 atom stereocenters. The number of hydrogen-bond acceptors (Lipinski definition) is 5. The van der Waals surface area contributed by atoms with Gasteiger partial charge in [-0.1, -0.05) is 0 Å². The fourth-order valence-corrected chi connectivity index (χ4v) is 2.59. The summed E-state index contributed by atoms with van der Waals surface area (Å²) in [5.41, 5.74) is 1.21. The molecule has 2 aromatic heterocycles. The quantitative estimate of drug-likeness (QED) is 0.815. The molecular weight excluding hydrogens is 210 g/mol. The minimum absolute atomic E-state index is 0.124. The summed E-state index contributed by atoms with van der Waals surface area (Å²) in [5, 5.41) is 13.2. The Balaban J connectivity index is 2.81. The zero-order valence-corrected chi connectivity index (χ0v) is 9.77. The topological polar surface area (TPSA) is 58.0 Å². The number of aryl methyl sites for hydroxylation is 2. The van der Waals surface area contributed by atoms with Crippen molar-refractivity contribution in [2.24, 2.45) is 0 Å². The monoisotopic (exact) mass is 223 g/mol. The Bertz CT molecular complexity index is 507. The van der Waals surface area contributed by atoms with Crippen molar-refractivity contribution in [1.29, 1.82) is 0 Å². The van der Waals surface area contributed by atoms with Crippen molar-refractivity contribution in [3.05, 3.63) is 16.3 Å². The van der Waals surface area contributed by atoms with Gasteiger partial charge >= 0.3 is 0 Å². The molecule has 2 N–H and O–H groups in total. The molecule has 0 aliphatic heterocycles. The van der Waals surface area contributed by atoms with E-state index in [1.165, 1.54) is 10.4 Å². The number of aromatic nitrogens is 2. The second kappa shape index (κ2) is 3.75. The van der Waals surface area contributed by atoms with Crippen molar-refractivity contribution >= 4 is 27.4 Å². The molecule has 15 heavy (non-hydrogen) atoms. The normalized spacial score (nSPS) is 10.9. The van der Waals surface area contributed by atoms with Gasteiger partial charge in [-0.05, 0) is 19.4 Å². The molecule has 2 rings (SSSR count). The largest absolute Gasteiger partial charge is 0.388 e. The highest BCUT2D eigenvalue weighted by Crippen LogP contribution is 2.32. The van der Waals surface area contributed by atoms with Crippen molar-refractivity contribution < 1.29 is 5.11 Å². The van der Waals surface area contributed by atoms with Crippen LogP contribution < -0.4 is 5.32 Å². The van der Waals surface area contributed by atoms with E-state index < -0.39 is 0 Å². The van der Waals surface area contributed by atoms with Crippen LogP contribution in [0.1, 0.15) is 16.3 Å².